The molecule has 0 saturated carbocycles. The summed E-state index contributed by atoms with van der Waals surface area (Å²) in [5, 5.41) is 20.8. The van der Waals surface area contributed by atoms with Gasteiger partial charge in [0.1, 0.15) is 17.3 Å². The molecule has 1 unspecified atom stereocenters. The Balaban J connectivity index is 1.96. The third-order valence-corrected chi connectivity index (χ3v) is 6.74. The predicted octanol–water partition coefficient (Wildman–Crippen LogP) is 5.25. The van der Waals surface area contributed by atoms with Gasteiger partial charge >= 0.3 is 5.97 Å². The van der Waals surface area contributed by atoms with Gasteiger partial charge in [-0.25, -0.2) is 0 Å². The van der Waals surface area contributed by atoms with Crippen molar-refractivity contribution < 1.29 is 34.1 Å². The fourth-order valence-electron chi connectivity index (χ4n) is 4.68. The van der Waals surface area contributed by atoms with Crippen LogP contribution in [0.3, 0.4) is 0 Å². The van der Waals surface area contributed by atoms with E-state index in [0.29, 0.717) is 33.9 Å². The van der Waals surface area contributed by atoms with Crippen LogP contribution in [0.4, 0.5) is 5.69 Å². The standard InChI is InChI=1S/C31H31NO7/c1-31(2,3)20-11-14-24(39-5)23(17-20)28(35)26-27(19-7-6-8-22(16-19)38-4)32(30(37)29(26)36)21-12-9-18(10-13-21)15-25(33)34/h6-14,16-17,27,35H,15H2,1-5H3,(H,33,34)/b28-26+. The third kappa shape index (κ3) is 5.36. The number of amides is 1. The Labute approximate surface area is 227 Å². The van der Waals surface area contributed by atoms with Gasteiger partial charge < -0.3 is 19.7 Å². The Hall–Kier alpha value is -4.59. The van der Waals surface area contributed by atoms with Crippen LogP contribution in [0.25, 0.3) is 5.76 Å². The highest BCUT2D eigenvalue weighted by atomic mass is 16.5. The number of carbonyl (C=O) groups excluding carboxylic acids is 2. The molecule has 3 aromatic rings. The summed E-state index contributed by atoms with van der Waals surface area (Å²) < 4.78 is 10.9. The molecule has 2 N–H and O–H groups in total. The van der Waals surface area contributed by atoms with Gasteiger partial charge in [0, 0.05) is 5.69 Å². The molecule has 202 valence electrons. The van der Waals surface area contributed by atoms with Crippen LogP contribution in [-0.2, 0) is 26.2 Å². The zero-order valence-electron chi connectivity index (χ0n) is 22.5. The molecule has 1 atom stereocenters. The van der Waals surface area contributed by atoms with E-state index in [1.54, 1.807) is 60.7 Å². The Kier molecular flexibility index (Phi) is 7.49. The van der Waals surface area contributed by atoms with Crippen molar-refractivity contribution in [2.45, 2.75) is 38.6 Å². The number of rotatable bonds is 7. The third-order valence-electron chi connectivity index (χ3n) is 6.74. The van der Waals surface area contributed by atoms with Gasteiger partial charge in [-0.15, -0.1) is 0 Å². The summed E-state index contributed by atoms with van der Waals surface area (Å²) in [4.78, 5) is 39.5. The number of ether oxygens (including phenoxy) is 2. The lowest BCUT2D eigenvalue weighted by molar-refractivity contribution is -0.136. The molecule has 1 heterocycles. The first kappa shape index (κ1) is 27.4. The number of anilines is 1. The second-order valence-electron chi connectivity index (χ2n) is 10.3. The fourth-order valence-corrected chi connectivity index (χ4v) is 4.68. The van der Waals surface area contributed by atoms with E-state index < -0.39 is 23.7 Å². The number of aliphatic hydroxyl groups is 1. The minimum atomic E-state index is -0.981. The van der Waals surface area contributed by atoms with E-state index in [-0.39, 0.29) is 23.2 Å². The molecule has 4 rings (SSSR count). The van der Waals surface area contributed by atoms with Crippen LogP contribution in [0.15, 0.2) is 72.3 Å². The number of aliphatic carboxylic acids is 1. The zero-order chi connectivity index (χ0) is 28.5. The van der Waals surface area contributed by atoms with E-state index in [0.717, 1.165) is 5.56 Å². The van der Waals surface area contributed by atoms with Crippen molar-refractivity contribution in [3.63, 3.8) is 0 Å². The minimum absolute atomic E-state index is 0.0905. The molecule has 8 heteroatoms. The SMILES string of the molecule is COc1cccc(C2/C(=C(\O)c3cc(C(C)(C)C)ccc3OC)C(=O)C(=O)N2c2ccc(CC(=O)O)cc2)c1. The number of carboxylic acid groups (broad SMARTS) is 1. The lowest BCUT2D eigenvalue weighted by Crippen LogP contribution is -2.29. The number of ketones is 1. The summed E-state index contributed by atoms with van der Waals surface area (Å²) >= 11 is 0. The van der Waals surface area contributed by atoms with Gasteiger partial charge in [0.2, 0.25) is 0 Å². The Bertz CT molecular complexity index is 1460. The van der Waals surface area contributed by atoms with Crippen molar-refractivity contribution in [1.82, 2.24) is 0 Å². The Morgan fingerprint density at radius 2 is 1.62 bits per heavy atom. The second-order valence-corrected chi connectivity index (χ2v) is 10.3. The Morgan fingerprint density at radius 1 is 0.923 bits per heavy atom. The van der Waals surface area contributed by atoms with E-state index in [2.05, 4.69) is 0 Å². The van der Waals surface area contributed by atoms with E-state index in [1.165, 1.54) is 19.1 Å². The number of hydrogen-bond acceptors (Lipinski definition) is 6. The van der Waals surface area contributed by atoms with Crippen LogP contribution in [0, 0.1) is 0 Å². The average Bonchev–Trinajstić information content (AvgIpc) is 3.17. The monoisotopic (exact) mass is 529 g/mol. The lowest BCUT2D eigenvalue weighted by atomic mass is 9.85. The summed E-state index contributed by atoms with van der Waals surface area (Å²) in [6.07, 6.45) is -0.178. The minimum Gasteiger partial charge on any atom is -0.507 e. The highest BCUT2D eigenvalue weighted by Crippen LogP contribution is 2.44. The number of Topliss-reactive ketones (excluding diaryl/α,β-unsaturated/α-hetero) is 1. The summed E-state index contributed by atoms with van der Waals surface area (Å²) in [7, 11) is 2.99. The van der Waals surface area contributed by atoms with E-state index >= 15 is 0 Å². The molecule has 1 fully saturated rings. The maximum atomic E-state index is 13.6. The molecular formula is C31H31NO7. The summed E-state index contributed by atoms with van der Waals surface area (Å²) in [6.45, 7) is 6.09. The number of benzene rings is 3. The van der Waals surface area contributed by atoms with Gasteiger partial charge in [0.15, 0.2) is 0 Å². The maximum absolute atomic E-state index is 13.6. The van der Waals surface area contributed by atoms with Gasteiger partial charge in [-0.2, -0.15) is 0 Å². The smallest absolute Gasteiger partial charge is 0.307 e. The van der Waals surface area contributed by atoms with E-state index in [1.807, 2.05) is 26.8 Å². The first-order valence-corrected chi connectivity index (χ1v) is 12.4. The topological polar surface area (TPSA) is 113 Å². The van der Waals surface area contributed by atoms with Gasteiger partial charge in [-0.3, -0.25) is 19.3 Å². The molecule has 1 aliphatic heterocycles. The van der Waals surface area contributed by atoms with Gasteiger partial charge in [0.25, 0.3) is 11.7 Å². The molecule has 0 spiro atoms. The molecule has 8 nitrogen and oxygen atoms in total. The highest BCUT2D eigenvalue weighted by Gasteiger charge is 2.47. The number of nitrogens with zero attached hydrogens (tertiary/aromatic N) is 1. The van der Waals surface area contributed by atoms with Gasteiger partial charge in [0.05, 0.1) is 37.8 Å². The van der Waals surface area contributed by atoms with Crippen molar-refractivity contribution in [3.8, 4) is 11.5 Å². The quantitative estimate of drug-likeness (QED) is 0.244. The van der Waals surface area contributed by atoms with Crippen molar-refractivity contribution >= 4 is 29.1 Å². The maximum Gasteiger partial charge on any atom is 0.307 e. The van der Waals surface area contributed by atoms with E-state index in [9.17, 15) is 19.5 Å². The average molecular weight is 530 g/mol. The summed E-state index contributed by atoms with van der Waals surface area (Å²) in [5.74, 6) is -2.13. The predicted molar refractivity (Wildman–Crippen MR) is 147 cm³/mol. The van der Waals surface area contributed by atoms with Crippen LogP contribution >= 0.6 is 0 Å². The van der Waals surface area contributed by atoms with Crippen LogP contribution in [0.2, 0.25) is 0 Å². The molecule has 0 aromatic heterocycles. The molecule has 39 heavy (non-hydrogen) atoms. The summed E-state index contributed by atoms with van der Waals surface area (Å²) in [5.41, 5.74) is 2.34. The molecule has 3 aromatic carbocycles. The van der Waals surface area contributed by atoms with Crippen LogP contribution in [0.5, 0.6) is 11.5 Å². The molecular weight excluding hydrogens is 498 g/mol. The summed E-state index contributed by atoms with van der Waals surface area (Å²) in [6, 6.07) is 17.7. The zero-order valence-corrected chi connectivity index (χ0v) is 22.5. The number of hydrogen-bond donors (Lipinski definition) is 2. The fraction of sp³-hybridized carbons (Fsp3) is 0.258. The molecule has 1 aliphatic rings. The first-order chi connectivity index (χ1) is 18.5. The van der Waals surface area contributed by atoms with Crippen molar-refractivity contribution in [1.29, 1.82) is 0 Å². The molecule has 0 bridgehead atoms. The van der Waals surface area contributed by atoms with Crippen molar-refractivity contribution in [2.75, 3.05) is 19.1 Å². The van der Waals surface area contributed by atoms with Crippen molar-refractivity contribution in [2.24, 2.45) is 0 Å². The van der Waals surface area contributed by atoms with Crippen LogP contribution < -0.4 is 14.4 Å². The molecule has 1 saturated heterocycles. The normalized spacial score (nSPS) is 16.8. The molecule has 0 radical (unpaired) electrons. The number of carbonyl (C=O) groups is 3. The van der Waals surface area contributed by atoms with Crippen LogP contribution in [0.1, 0.15) is 49.1 Å². The number of carboxylic acids is 1. The largest absolute Gasteiger partial charge is 0.507 e. The number of aliphatic hydroxyl groups excluding tert-OH is 1. The van der Waals surface area contributed by atoms with Crippen molar-refractivity contribution in [3.05, 3.63) is 94.6 Å². The van der Waals surface area contributed by atoms with Gasteiger partial charge in [-0.1, -0.05) is 51.1 Å². The first-order valence-electron chi connectivity index (χ1n) is 12.4. The lowest BCUT2D eigenvalue weighted by Gasteiger charge is -2.26. The highest BCUT2D eigenvalue weighted by molar-refractivity contribution is 6.51. The molecule has 0 aliphatic carbocycles. The molecule has 1 amide bonds. The Morgan fingerprint density at radius 3 is 2.21 bits per heavy atom. The van der Waals surface area contributed by atoms with Gasteiger partial charge in [-0.05, 0) is 58.5 Å². The van der Waals surface area contributed by atoms with E-state index in [4.69, 9.17) is 14.6 Å². The number of methoxy groups -OCH3 is 2. The second kappa shape index (κ2) is 10.6. The van der Waals surface area contributed by atoms with Crippen LogP contribution in [-0.4, -0.2) is 42.1 Å².